The topological polar surface area (TPSA) is 41.6 Å². The first-order chi connectivity index (χ1) is 8.05. The Labute approximate surface area is 105 Å². The molecule has 4 nitrogen and oxygen atoms in total. The molecule has 17 heavy (non-hydrogen) atoms. The number of likely N-dealkylation sites (tertiary alicyclic amines) is 1. The van der Waals surface area contributed by atoms with E-state index in [1.54, 1.807) is 0 Å². The zero-order valence-corrected chi connectivity index (χ0v) is 11.6. The Balaban J connectivity index is 2.50. The van der Waals surface area contributed by atoms with Crippen molar-refractivity contribution in [2.75, 3.05) is 33.8 Å². The first kappa shape index (κ1) is 14.5. The van der Waals surface area contributed by atoms with Crippen LogP contribution in [0.5, 0.6) is 0 Å². The van der Waals surface area contributed by atoms with E-state index < -0.39 is 5.54 Å². The molecule has 100 valence electrons. The molecule has 0 bridgehead atoms. The van der Waals surface area contributed by atoms with E-state index in [4.69, 9.17) is 4.74 Å². The number of nitrogens with one attached hydrogen (secondary N) is 1. The second-order valence-electron chi connectivity index (χ2n) is 5.25. The monoisotopic (exact) mass is 242 g/mol. The lowest BCUT2D eigenvalue weighted by atomic mass is 10.0. The van der Waals surface area contributed by atoms with Gasteiger partial charge < -0.3 is 15.0 Å². The Kier molecular flexibility index (Phi) is 5.40. The summed E-state index contributed by atoms with van der Waals surface area (Å²) in [4.78, 5) is 14.1. The maximum Gasteiger partial charge on any atom is 0.327 e. The third kappa shape index (κ3) is 3.68. The fourth-order valence-corrected chi connectivity index (χ4v) is 2.62. The summed E-state index contributed by atoms with van der Waals surface area (Å²) >= 11 is 0. The van der Waals surface area contributed by atoms with Gasteiger partial charge in [-0.25, -0.2) is 0 Å². The van der Waals surface area contributed by atoms with Crippen LogP contribution < -0.4 is 5.32 Å². The molecule has 1 heterocycles. The average Bonchev–Trinajstić information content (AvgIpc) is 2.75. The first-order valence-electron chi connectivity index (χ1n) is 6.55. The van der Waals surface area contributed by atoms with Crippen molar-refractivity contribution in [3.8, 4) is 0 Å². The van der Waals surface area contributed by atoms with Crippen molar-refractivity contribution in [3.63, 3.8) is 0 Å². The molecule has 1 aliphatic heterocycles. The first-order valence-corrected chi connectivity index (χ1v) is 6.55. The van der Waals surface area contributed by atoms with E-state index >= 15 is 0 Å². The van der Waals surface area contributed by atoms with Gasteiger partial charge in [0.25, 0.3) is 0 Å². The molecular formula is C13H26N2O2. The van der Waals surface area contributed by atoms with Crippen LogP contribution in [0.25, 0.3) is 0 Å². The molecule has 4 heteroatoms. The largest absolute Gasteiger partial charge is 0.468 e. The smallest absolute Gasteiger partial charge is 0.327 e. The molecule has 1 fully saturated rings. The van der Waals surface area contributed by atoms with Crippen LogP contribution in [0.15, 0.2) is 0 Å². The van der Waals surface area contributed by atoms with Crippen molar-refractivity contribution in [2.24, 2.45) is 5.92 Å². The van der Waals surface area contributed by atoms with Crippen molar-refractivity contribution < 1.29 is 9.53 Å². The third-order valence-corrected chi connectivity index (χ3v) is 3.79. The molecule has 1 N–H and O–H groups in total. The highest BCUT2D eigenvalue weighted by atomic mass is 16.5. The molecule has 0 spiro atoms. The zero-order valence-electron chi connectivity index (χ0n) is 11.6. The molecule has 0 saturated carbocycles. The number of nitrogens with zero attached hydrogens (tertiary/aromatic N) is 1. The van der Waals surface area contributed by atoms with Crippen LogP contribution in [0.2, 0.25) is 0 Å². The molecule has 1 saturated heterocycles. The van der Waals surface area contributed by atoms with Gasteiger partial charge in [0, 0.05) is 13.1 Å². The van der Waals surface area contributed by atoms with Crippen LogP contribution in [0.1, 0.15) is 33.1 Å². The molecule has 2 atom stereocenters. The summed E-state index contributed by atoms with van der Waals surface area (Å²) in [6, 6.07) is 0. The predicted octanol–water partition coefficient (Wildman–Crippen LogP) is 1.26. The van der Waals surface area contributed by atoms with Gasteiger partial charge in [0.05, 0.1) is 7.11 Å². The van der Waals surface area contributed by atoms with Crippen LogP contribution >= 0.6 is 0 Å². The van der Waals surface area contributed by atoms with Gasteiger partial charge in [-0.1, -0.05) is 13.3 Å². The van der Waals surface area contributed by atoms with Crippen LogP contribution in [-0.4, -0.2) is 50.2 Å². The highest BCUT2D eigenvalue weighted by molar-refractivity contribution is 5.80. The highest BCUT2D eigenvalue weighted by Crippen LogP contribution is 2.22. The van der Waals surface area contributed by atoms with Gasteiger partial charge in [-0.3, -0.25) is 4.79 Å². The van der Waals surface area contributed by atoms with E-state index in [2.05, 4.69) is 17.1 Å². The Morgan fingerprint density at radius 1 is 1.59 bits per heavy atom. The number of likely N-dealkylation sites (N-methyl/N-ethyl adjacent to an activating group) is 1. The summed E-state index contributed by atoms with van der Waals surface area (Å²) in [6.07, 6.45) is 3.80. The van der Waals surface area contributed by atoms with Crippen molar-refractivity contribution in [3.05, 3.63) is 0 Å². The summed E-state index contributed by atoms with van der Waals surface area (Å²) in [7, 11) is 3.26. The Morgan fingerprint density at radius 3 is 2.82 bits per heavy atom. The van der Waals surface area contributed by atoms with Crippen molar-refractivity contribution in [1.29, 1.82) is 0 Å². The predicted molar refractivity (Wildman–Crippen MR) is 68.9 cm³/mol. The maximum atomic E-state index is 11.7. The summed E-state index contributed by atoms with van der Waals surface area (Å²) < 4.78 is 4.86. The second-order valence-corrected chi connectivity index (χ2v) is 5.25. The average molecular weight is 242 g/mol. The van der Waals surface area contributed by atoms with E-state index in [0.29, 0.717) is 0 Å². The number of methoxy groups -OCH3 is 1. The number of carbonyl (C=O) groups is 1. The van der Waals surface area contributed by atoms with E-state index in [1.165, 1.54) is 26.4 Å². The number of hydrogen-bond acceptors (Lipinski definition) is 4. The van der Waals surface area contributed by atoms with Gasteiger partial charge in [-0.05, 0) is 39.3 Å². The summed E-state index contributed by atoms with van der Waals surface area (Å²) in [5.41, 5.74) is -0.587. The molecule has 1 rings (SSSR count). The minimum absolute atomic E-state index is 0.182. The van der Waals surface area contributed by atoms with E-state index in [9.17, 15) is 4.79 Å². The Hall–Kier alpha value is -0.610. The molecule has 1 aliphatic rings. The molecule has 0 aliphatic carbocycles. The molecule has 0 aromatic heterocycles. The van der Waals surface area contributed by atoms with E-state index in [-0.39, 0.29) is 5.97 Å². The Bertz CT molecular complexity index is 258. The van der Waals surface area contributed by atoms with Crippen molar-refractivity contribution in [2.45, 2.75) is 38.6 Å². The molecule has 0 aromatic carbocycles. The minimum atomic E-state index is -0.587. The lowest BCUT2D eigenvalue weighted by molar-refractivity contribution is -0.148. The maximum absolute atomic E-state index is 11.7. The molecule has 0 radical (unpaired) electrons. The number of ether oxygens (including phenoxy) is 1. The lowest BCUT2D eigenvalue weighted by Gasteiger charge is -2.30. The normalized spacial score (nSPS) is 24.6. The van der Waals surface area contributed by atoms with E-state index in [0.717, 1.165) is 25.6 Å². The minimum Gasteiger partial charge on any atom is -0.468 e. The lowest BCUT2D eigenvalue weighted by Crippen LogP contribution is -2.55. The summed E-state index contributed by atoms with van der Waals surface area (Å²) in [6.45, 7) is 7.08. The van der Waals surface area contributed by atoms with Gasteiger partial charge in [0.15, 0.2) is 0 Å². The highest BCUT2D eigenvalue weighted by Gasteiger charge is 2.36. The Morgan fingerprint density at radius 2 is 2.29 bits per heavy atom. The fourth-order valence-electron chi connectivity index (χ4n) is 2.62. The third-order valence-electron chi connectivity index (χ3n) is 3.79. The zero-order chi connectivity index (χ0) is 12.9. The van der Waals surface area contributed by atoms with Crippen LogP contribution in [0.4, 0.5) is 0 Å². The summed E-state index contributed by atoms with van der Waals surface area (Å²) in [5.74, 6) is 0.623. The van der Waals surface area contributed by atoms with Gasteiger partial charge in [-0.2, -0.15) is 0 Å². The van der Waals surface area contributed by atoms with E-state index in [1.807, 2.05) is 14.0 Å². The summed E-state index contributed by atoms with van der Waals surface area (Å²) in [5, 5.41) is 3.09. The number of rotatable bonds is 6. The quantitative estimate of drug-likeness (QED) is 0.712. The number of carbonyl (C=O) groups excluding carboxylic acids is 1. The van der Waals surface area contributed by atoms with Gasteiger partial charge in [0.2, 0.25) is 0 Å². The van der Waals surface area contributed by atoms with Crippen molar-refractivity contribution >= 4 is 5.97 Å². The van der Waals surface area contributed by atoms with Crippen LogP contribution in [0.3, 0.4) is 0 Å². The number of hydrogen-bond donors (Lipinski definition) is 1. The molecule has 0 aromatic rings. The van der Waals surface area contributed by atoms with Gasteiger partial charge in [-0.15, -0.1) is 0 Å². The second kappa shape index (κ2) is 6.36. The van der Waals surface area contributed by atoms with Gasteiger partial charge in [0.1, 0.15) is 5.54 Å². The number of esters is 1. The molecular weight excluding hydrogens is 216 g/mol. The fraction of sp³-hybridized carbons (Fsp3) is 0.923. The molecule has 2 unspecified atom stereocenters. The van der Waals surface area contributed by atoms with Crippen LogP contribution in [0, 0.1) is 5.92 Å². The standard InChI is InChI=1S/C13H26N2O2/c1-5-6-11-7-8-15(9-11)10-13(2,14-3)12(16)17-4/h11,14H,5-10H2,1-4H3. The van der Waals surface area contributed by atoms with Crippen molar-refractivity contribution in [1.82, 2.24) is 10.2 Å². The van der Waals surface area contributed by atoms with Gasteiger partial charge >= 0.3 is 5.97 Å². The SMILES string of the molecule is CCCC1CCN(CC(C)(NC)C(=O)OC)C1. The molecule has 0 amide bonds. The van der Waals surface area contributed by atoms with Crippen LogP contribution in [-0.2, 0) is 9.53 Å².